The first kappa shape index (κ1) is 12.2. The molecule has 0 spiro atoms. The van der Waals surface area contributed by atoms with Gasteiger partial charge in [-0.2, -0.15) is 5.10 Å². The highest BCUT2D eigenvalue weighted by Gasteiger charge is 2.18. The normalized spacial score (nSPS) is 12.3. The Labute approximate surface area is 89.7 Å². The molecule has 1 aromatic rings. The maximum Gasteiger partial charge on any atom is 0.245 e. The first-order valence-electron chi connectivity index (χ1n) is 4.63. The minimum atomic E-state index is -3.36. The van der Waals surface area contributed by atoms with Gasteiger partial charge in [0.2, 0.25) is 10.0 Å². The summed E-state index contributed by atoms with van der Waals surface area (Å²) in [5.74, 6) is 0. The van der Waals surface area contributed by atoms with E-state index in [4.69, 9.17) is 5.73 Å². The van der Waals surface area contributed by atoms with Gasteiger partial charge in [0.25, 0.3) is 0 Å². The molecular weight excluding hydrogens is 216 g/mol. The Morgan fingerprint density at radius 2 is 2.20 bits per heavy atom. The largest absolute Gasteiger partial charge is 0.330 e. The third-order valence-corrected chi connectivity index (χ3v) is 3.75. The van der Waals surface area contributed by atoms with Crippen LogP contribution in [0.1, 0.15) is 6.42 Å². The Hall–Kier alpha value is -0.920. The molecule has 7 heteroatoms. The van der Waals surface area contributed by atoms with Crippen LogP contribution < -0.4 is 5.73 Å². The third-order valence-electron chi connectivity index (χ3n) is 1.98. The fourth-order valence-corrected chi connectivity index (χ4v) is 1.92. The Kier molecular flexibility index (Phi) is 3.83. The monoisotopic (exact) mass is 232 g/mol. The number of aryl methyl sites for hydroxylation is 1. The molecule has 0 saturated heterocycles. The Bertz CT molecular complexity index is 410. The van der Waals surface area contributed by atoms with Gasteiger partial charge in [0.1, 0.15) is 4.90 Å². The first-order chi connectivity index (χ1) is 6.98. The number of nitrogens with zero attached hydrogens (tertiary/aromatic N) is 3. The number of rotatable bonds is 5. The summed E-state index contributed by atoms with van der Waals surface area (Å²) in [6.45, 7) is 1.20. The molecule has 86 valence electrons. The van der Waals surface area contributed by atoms with E-state index in [2.05, 4.69) is 5.10 Å². The molecule has 1 heterocycles. The van der Waals surface area contributed by atoms with Gasteiger partial charge in [0, 0.05) is 26.8 Å². The van der Waals surface area contributed by atoms with Crippen molar-refractivity contribution in [3.8, 4) is 0 Å². The fourth-order valence-electron chi connectivity index (χ4n) is 1.06. The van der Waals surface area contributed by atoms with Gasteiger partial charge in [-0.1, -0.05) is 0 Å². The van der Waals surface area contributed by atoms with E-state index in [1.807, 2.05) is 0 Å². The van der Waals surface area contributed by atoms with E-state index in [1.54, 1.807) is 4.68 Å². The zero-order valence-corrected chi connectivity index (χ0v) is 9.74. The molecule has 15 heavy (non-hydrogen) atoms. The molecule has 6 nitrogen and oxygen atoms in total. The zero-order valence-electron chi connectivity index (χ0n) is 8.92. The molecule has 1 rings (SSSR count). The molecule has 2 N–H and O–H groups in total. The minimum absolute atomic E-state index is 0.213. The molecule has 1 aromatic heterocycles. The van der Waals surface area contributed by atoms with Gasteiger partial charge in [0.15, 0.2) is 0 Å². The summed E-state index contributed by atoms with van der Waals surface area (Å²) in [6.07, 6.45) is 3.65. The lowest BCUT2D eigenvalue weighted by molar-refractivity contribution is 0.520. The maximum absolute atomic E-state index is 11.7. The number of nitrogens with two attached hydrogens (primary N) is 1. The van der Waals surface area contributed by atoms with Crippen LogP contribution in [0.15, 0.2) is 17.3 Å². The molecule has 0 aliphatic rings. The lowest BCUT2D eigenvalue weighted by Crippen LogP contribution is -2.21. The molecule has 0 saturated carbocycles. The highest BCUT2D eigenvalue weighted by Crippen LogP contribution is 2.11. The van der Waals surface area contributed by atoms with Crippen molar-refractivity contribution in [2.75, 3.05) is 20.6 Å². The molecule has 0 aromatic carbocycles. The SMILES string of the molecule is CN(C)S(=O)(=O)c1cnn(CCCN)c1. The van der Waals surface area contributed by atoms with Gasteiger partial charge in [-0.3, -0.25) is 4.68 Å². The predicted octanol–water partition coefficient (Wildman–Crippen LogP) is -0.518. The summed E-state index contributed by atoms with van der Waals surface area (Å²) in [6, 6.07) is 0. The second-order valence-corrected chi connectivity index (χ2v) is 5.52. The van der Waals surface area contributed by atoms with Gasteiger partial charge in [-0.15, -0.1) is 0 Å². The van der Waals surface area contributed by atoms with Gasteiger partial charge in [-0.25, -0.2) is 12.7 Å². The standard InChI is InChI=1S/C8H16N4O2S/c1-11(2)15(13,14)8-6-10-12(7-8)5-3-4-9/h6-7H,3-5,9H2,1-2H3. The predicted molar refractivity (Wildman–Crippen MR) is 56.8 cm³/mol. The van der Waals surface area contributed by atoms with Crippen LogP contribution in [-0.4, -0.2) is 43.1 Å². The molecular formula is C8H16N4O2S. The summed E-state index contributed by atoms with van der Waals surface area (Å²) >= 11 is 0. The summed E-state index contributed by atoms with van der Waals surface area (Å²) in [4.78, 5) is 0.213. The van der Waals surface area contributed by atoms with E-state index in [1.165, 1.54) is 26.5 Å². The van der Waals surface area contributed by atoms with Crippen LogP contribution >= 0.6 is 0 Å². The highest BCUT2D eigenvalue weighted by molar-refractivity contribution is 7.89. The Morgan fingerprint density at radius 1 is 1.53 bits per heavy atom. The second-order valence-electron chi connectivity index (χ2n) is 3.37. The third kappa shape index (κ3) is 2.77. The smallest absolute Gasteiger partial charge is 0.245 e. The van der Waals surface area contributed by atoms with Crippen molar-refractivity contribution in [1.29, 1.82) is 0 Å². The molecule has 0 unspecified atom stereocenters. The topological polar surface area (TPSA) is 81.2 Å². The van der Waals surface area contributed by atoms with E-state index in [-0.39, 0.29) is 4.90 Å². The van der Waals surface area contributed by atoms with E-state index < -0.39 is 10.0 Å². The van der Waals surface area contributed by atoms with Crippen molar-refractivity contribution in [1.82, 2.24) is 14.1 Å². The first-order valence-corrected chi connectivity index (χ1v) is 6.07. The van der Waals surface area contributed by atoms with E-state index in [0.717, 1.165) is 10.7 Å². The average molecular weight is 232 g/mol. The van der Waals surface area contributed by atoms with Crippen molar-refractivity contribution in [2.24, 2.45) is 5.73 Å². The van der Waals surface area contributed by atoms with Crippen molar-refractivity contribution < 1.29 is 8.42 Å². The molecule has 0 aliphatic heterocycles. The van der Waals surface area contributed by atoms with Crippen LogP contribution in [0.4, 0.5) is 0 Å². The number of hydrogen-bond acceptors (Lipinski definition) is 4. The van der Waals surface area contributed by atoms with Gasteiger partial charge in [0.05, 0.1) is 6.20 Å². The Morgan fingerprint density at radius 3 is 2.73 bits per heavy atom. The van der Waals surface area contributed by atoms with Crippen LogP contribution in [0.25, 0.3) is 0 Å². The van der Waals surface area contributed by atoms with Crippen LogP contribution in [0, 0.1) is 0 Å². The fraction of sp³-hybridized carbons (Fsp3) is 0.625. The van der Waals surface area contributed by atoms with Crippen LogP contribution in [-0.2, 0) is 16.6 Å². The molecule has 0 radical (unpaired) electrons. The van der Waals surface area contributed by atoms with Crippen molar-refractivity contribution in [3.63, 3.8) is 0 Å². The van der Waals surface area contributed by atoms with Crippen molar-refractivity contribution in [3.05, 3.63) is 12.4 Å². The highest BCUT2D eigenvalue weighted by atomic mass is 32.2. The molecule has 0 amide bonds. The molecule has 0 aliphatic carbocycles. The lowest BCUT2D eigenvalue weighted by Gasteiger charge is -2.08. The number of sulfonamides is 1. The minimum Gasteiger partial charge on any atom is -0.330 e. The van der Waals surface area contributed by atoms with Crippen molar-refractivity contribution >= 4 is 10.0 Å². The van der Waals surface area contributed by atoms with E-state index in [0.29, 0.717) is 13.1 Å². The summed E-state index contributed by atoms with van der Waals surface area (Å²) < 4.78 is 26.1. The lowest BCUT2D eigenvalue weighted by atomic mass is 10.4. The molecule has 0 fully saturated rings. The van der Waals surface area contributed by atoms with Gasteiger partial charge < -0.3 is 5.73 Å². The quantitative estimate of drug-likeness (QED) is 0.741. The van der Waals surface area contributed by atoms with Crippen LogP contribution in [0.3, 0.4) is 0 Å². The van der Waals surface area contributed by atoms with Gasteiger partial charge >= 0.3 is 0 Å². The summed E-state index contributed by atoms with van der Waals surface area (Å²) in [5, 5.41) is 3.96. The van der Waals surface area contributed by atoms with Gasteiger partial charge in [-0.05, 0) is 13.0 Å². The van der Waals surface area contributed by atoms with Crippen molar-refractivity contribution in [2.45, 2.75) is 17.9 Å². The number of aromatic nitrogens is 2. The zero-order chi connectivity index (χ0) is 11.5. The number of hydrogen-bond donors (Lipinski definition) is 1. The van der Waals surface area contributed by atoms with E-state index in [9.17, 15) is 8.42 Å². The summed E-state index contributed by atoms with van der Waals surface area (Å²) in [5.41, 5.74) is 5.35. The summed E-state index contributed by atoms with van der Waals surface area (Å²) in [7, 11) is -0.377. The maximum atomic E-state index is 11.7. The Balaban J connectivity index is 2.85. The van der Waals surface area contributed by atoms with E-state index >= 15 is 0 Å². The molecule has 0 atom stereocenters. The second kappa shape index (κ2) is 4.73. The molecule has 0 bridgehead atoms. The van der Waals surface area contributed by atoms with Crippen LogP contribution in [0.5, 0.6) is 0 Å². The van der Waals surface area contributed by atoms with Crippen LogP contribution in [0.2, 0.25) is 0 Å². The average Bonchev–Trinajstić information content (AvgIpc) is 2.63.